The number of hydrogen-bond donors (Lipinski definition) is 0. The maximum atomic E-state index is 2.38. The lowest BCUT2D eigenvalue weighted by Crippen LogP contribution is -2.27. The zero-order chi connectivity index (χ0) is 16.1. The maximum Gasteiger partial charge on any atom is -0.0136 e. The Morgan fingerprint density at radius 2 is 1.35 bits per heavy atom. The van der Waals surface area contributed by atoms with Crippen molar-refractivity contribution in [2.75, 3.05) is 0 Å². The summed E-state index contributed by atoms with van der Waals surface area (Å²) in [6.07, 6.45) is 14.8. The highest BCUT2D eigenvalue weighted by atomic mass is 14.4. The van der Waals surface area contributed by atoms with Crippen molar-refractivity contribution in [3.05, 3.63) is 35.9 Å². The Balaban J connectivity index is 1.52. The van der Waals surface area contributed by atoms with Gasteiger partial charge >= 0.3 is 0 Å². The minimum Gasteiger partial charge on any atom is -0.0651 e. The predicted molar refractivity (Wildman–Crippen MR) is 101 cm³/mol. The molecule has 2 aliphatic rings. The quantitative estimate of drug-likeness (QED) is 0.539. The minimum absolute atomic E-state index is 0.799. The van der Waals surface area contributed by atoms with Gasteiger partial charge in [0.15, 0.2) is 0 Å². The van der Waals surface area contributed by atoms with Gasteiger partial charge in [-0.25, -0.2) is 0 Å². The zero-order valence-corrected chi connectivity index (χ0v) is 15.3. The molecule has 1 unspecified atom stereocenters. The SMILES string of the molecule is CCC1CCC(C2CCC(C(CC)c3ccccc3)CC2)CC1. The Kier molecular flexibility index (Phi) is 6.20. The van der Waals surface area contributed by atoms with Gasteiger partial charge in [-0.15, -0.1) is 0 Å². The summed E-state index contributed by atoms with van der Waals surface area (Å²) in [5, 5.41) is 0. The van der Waals surface area contributed by atoms with Crippen LogP contribution < -0.4 is 0 Å². The molecule has 0 radical (unpaired) electrons. The summed E-state index contributed by atoms with van der Waals surface area (Å²) >= 11 is 0. The van der Waals surface area contributed by atoms with Crippen molar-refractivity contribution in [1.29, 1.82) is 0 Å². The molecule has 0 aromatic heterocycles. The van der Waals surface area contributed by atoms with Crippen LogP contribution in [0.1, 0.15) is 89.5 Å². The van der Waals surface area contributed by atoms with E-state index in [2.05, 4.69) is 44.2 Å². The summed E-state index contributed by atoms with van der Waals surface area (Å²) in [7, 11) is 0. The first kappa shape index (κ1) is 17.1. The van der Waals surface area contributed by atoms with Gasteiger partial charge in [-0.2, -0.15) is 0 Å². The zero-order valence-electron chi connectivity index (χ0n) is 15.3. The summed E-state index contributed by atoms with van der Waals surface area (Å²) in [6, 6.07) is 11.3. The second kappa shape index (κ2) is 8.36. The third-order valence-corrected chi connectivity index (χ3v) is 7.19. The van der Waals surface area contributed by atoms with E-state index < -0.39 is 0 Å². The van der Waals surface area contributed by atoms with Crippen molar-refractivity contribution in [1.82, 2.24) is 0 Å². The normalized spacial score (nSPS) is 33.3. The monoisotopic (exact) mass is 312 g/mol. The second-order valence-electron chi connectivity index (χ2n) is 8.29. The van der Waals surface area contributed by atoms with E-state index in [4.69, 9.17) is 0 Å². The van der Waals surface area contributed by atoms with Gasteiger partial charge in [0, 0.05) is 0 Å². The van der Waals surface area contributed by atoms with Crippen molar-refractivity contribution in [2.45, 2.75) is 84.0 Å². The average molecular weight is 313 g/mol. The Morgan fingerprint density at radius 1 is 0.783 bits per heavy atom. The van der Waals surface area contributed by atoms with Crippen LogP contribution in [0, 0.1) is 23.7 Å². The van der Waals surface area contributed by atoms with E-state index >= 15 is 0 Å². The van der Waals surface area contributed by atoms with Gasteiger partial charge in [0.2, 0.25) is 0 Å². The van der Waals surface area contributed by atoms with Crippen LogP contribution in [-0.2, 0) is 0 Å². The Morgan fingerprint density at radius 3 is 1.87 bits per heavy atom. The van der Waals surface area contributed by atoms with E-state index in [1.54, 1.807) is 5.56 Å². The lowest BCUT2D eigenvalue weighted by atomic mass is 9.66. The van der Waals surface area contributed by atoms with Crippen LogP contribution in [0.25, 0.3) is 0 Å². The molecule has 2 fully saturated rings. The summed E-state index contributed by atoms with van der Waals surface area (Å²) in [6.45, 7) is 4.76. The molecular formula is C23H36. The molecule has 1 aromatic rings. The van der Waals surface area contributed by atoms with E-state index in [1.165, 1.54) is 64.2 Å². The van der Waals surface area contributed by atoms with E-state index in [1.807, 2.05) is 0 Å². The molecule has 0 heteroatoms. The van der Waals surface area contributed by atoms with Crippen molar-refractivity contribution < 1.29 is 0 Å². The standard InChI is InChI=1S/C23H36/c1-3-18-10-12-19(13-11-18)20-14-16-22(17-15-20)23(4-2)21-8-6-5-7-9-21/h5-9,18-20,22-23H,3-4,10-17H2,1-2H3. The summed E-state index contributed by atoms with van der Waals surface area (Å²) in [5.41, 5.74) is 1.59. The number of rotatable bonds is 5. The highest BCUT2D eigenvalue weighted by molar-refractivity contribution is 5.20. The topological polar surface area (TPSA) is 0 Å². The molecule has 1 aromatic carbocycles. The molecule has 2 aliphatic carbocycles. The molecule has 3 rings (SSSR count). The molecule has 0 nitrogen and oxygen atoms in total. The first-order valence-electron chi connectivity index (χ1n) is 10.4. The number of hydrogen-bond acceptors (Lipinski definition) is 0. The highest BCUT2D eigenvalue weighted by Gasteiger charge is 2.32. The smallest absolute Gasteiger partial charge is 0.0136 e. The van der Waals surface area contributed by atoms with E-state index in [-0.39, 0.29) is 0 Å². The Hall–Kier alpha value is -0.780. The van der Waals surface area contributed by atoms with Crippen LogP contribution in [0.2, 0.25) is 0 Å². The lowest BCUT2D eigenvalue weighted by Gasteiger charge is -2.39. The molecular weight excluding hydrogens is 276 g/mol. The van der Waals surface area contributed by atoms with Gasteiger partial charge in [0.05, 0.1) is 0 Å². The molecule has 0 heterocycles. The molecule has 2 saturated carbocycles. The fourth-order valence-corrected chi connectivity index (χ4v) is 5.63. The van der Waals surface area contributed by atoms with Gasteiger partial charge in [-0.05, 0) is 80.1 Å². The molecule has 0 aliphatic heterocycles. The fourth-order valence-electron chi connectivity index (χ4n) is 5.63. The number of benzene rings is 1. The van der Waals surface area contributed by atoms with E-state index in [9.17, 15) is 0 Å². The van der Waals surface area contributed by atoms with Crippen LogP contribution in [0.15, 0.2) is 30.3 Å². The summed E-state index contributed by atoms with van der Waals surface area (Å²) in [4.78, 5) is 0. The van der Waals surface area contributed by atoms with Gasteiger partial charge in [0.25, 0.3) is 0 Å². The highest BCUT2D eigenvalue weighted by Crippen LogP contribution is 2.45. The van der Waals surface area contributed by atoms with Gasteiger partial charge in [-0.1, -0.05) is 63.4 Å². The molecule has 0 N–H and O–H groups in total. The molecule has 0 bridgehead atoms. The minimum atomic E-state index is 0.799. The van der Waals surface area contributed by atoms with Crippen molar-refractivity contribution in [3.63, 3.8) is 0 Å². The third-order valence-electron chi connectivity index (χ3n) is 7.19. The molecule has 0 saturated heterocycles. The molecule has 0 amide bonds. The van der Waals surface area contributed by atoms with E-state index in [0.29, 0.717) is 0 Å². The summed E-state index contributed by atoms with van der Waals surface area (Å²) < 4.78 is 0. The van der Waals surface area contributed by atoms with Gasteiger partial charge in [0.1, 0.15) is 0 Å². The Labute approximate surface area is 144 Å². The largest absolute Gasteiger partial charge is 0.0651 e. The molecule has 128 valence electrons. The second-order valence-corrected chi connectivity index (χ2v) is 8.29. The predicted octanol–water partition coefficient (Wildman–Crippen LogP) is 7.20. The summed E-state index contributed by atoms with van der Waals surface area (Å²) in [5.74, 6) is 4.90. The first-order valence-corrected chi connectivity index (χ1v) is 10.4. The molecule has 23 heavy (non-hydrogen) atoms. The average Bonchev–Trinajstić information content (AvgIpc) is 2.64. The van der Waals surface area contributed by atoms with Crippen molar-refractivity contribution in [3.8, 4) is 0 Å². The molecule has 1 atom stereocenters. The van der Waals surface area contributed by atoms with E-state index in [0.717, 1.165) is 29.6 Å². The molecule has 0 spiro atoms. The van der Waals surface area contributed by atoms with Crippen molar-refractivity contribution in [2.24, 2.45) is 23.7 Å². The maximum absolute atomic E-state index is 2.38. The van der Waals surface area contributed by atoms with Gasteiger partial charge < -0.3 is 0 Å². The lowest BCUT2D eigenvalue weighted by molar-refractivity contribution is 0.136. The van der Waals surface area contributed by atoms with Crippen LogP contribution in [-0.4, -0.2) is 0 Å². The Bertz CT molecular complexity index is 432. The third kappa shape index (κ3) is 4.20. The fraction of sp³-hybridized carbons (Fsp3) is 0.739. The van der Waals surface area contributed by atoms with Gasteiger partial charge in [-0.3, -0.25) is 0 Å². The first-order chi connectivity index (χ1) is 11.3. The van der Waals surface area contributed by atoms with Crippen molar-refractivity contribution >= 4 is 0 Å². The van der Waals surface area contributed by atoms with Crippen LogP contribution >= 0.6 is 0 Å². The van der Waals surface area contributed by atoms with Crippen LogP contribution in [0.5, 0.6) is 0 Å². The van der Waals surface area contributed by atoms with Crippen LogP contribution in [0.3, 0.4) is 0 Å². The van der Waals surface area contributed by atoms with Crippen LogP contribution in [0.4, 0.5) is 0 Å².